The monoisotopic (exact) mass is 708 g/mol. The molecule has 1 saturated heterocycles. The number of halogens is 2. The molecule has 0 radical (unpaired) electrons. The Labute approximate surface area is 276 Å². The number of imide groups is 1. The number of fused-ring (bicyclic) bond motifs is 1. The van der Waals surface area contributed by atoms with Crippen LogP contribution in [0.3, 0.4) is 0 Å². The van der Waals surface area contributed by atoms with E-state index >= 15 is 0 Å². The van der Waals surface area contributed by atoms with Gasteiger partial charge in [0.15, 0.2) is 11.5 Å². The molecule has 9 nitrogen and oxygen atoms in total. The van der Waals surface area contributed by atoms with Gasteiger partial charge in [-0.1, -0.05) is 54.1 Å². The molecule has 1 aliphatic heterocycles. The molecule has 3 amide bonds. The molecule has 12 heteroatoms. The van der Waals surface area contributed by atoms with Crippen molar-refractivity contribution in [2.75, 3.05) is 25.6 Å². The number of thioether (sulfide) groups is 1. The van der Waals surface area contributed by atoms with Crippen LogP contribution in [-0.4, -0.2) is 48.2 Å². The van der Waals surface area contributed by atoms with Gasteiger partial charge in [-0.2, -0.15) is 0 Å². The second-order valence-corrected chi connectivity index (χ2v) is 11.9. The minimum Gasteiger partial charge on any atom is -0.490 e. The lowest BCUT2D eigenvalue weighted by atomic mass is 10.1. The van der Waals surface area contributed by atoms with Crippen LogP contribution in [0.5, 0.6) is 11.5 Å². The van der Waals surface area contributed by atoms with Crippen LogP contribution in [0.4, 0.5) is 10.5 Å². The van der Waals surface area contributed by atoms with Crippen LogP contribution in [0.2, 0.25) is 5.02 Å². The van der Waals surface area contributed by atoms with E-state index in [2.05, 4.69) is 21.2 Å². The van der Waals surface area contributed by atoms with Crippen molar-refractivity contribution in [3.63, 3.8) is 0 Å². The van der Waals surface area contributed by atoms with Gasteiger partial charge in [0, 0.05) is 5.69 Å². The third-order valence-electron chi connectivity index (χ3n) is 6.71. The molecule has 0 saturated carbocycles. The van der Waals surface area contributed by atoms with Gasteiger partial charge in [-0.3, -0.25) is 19.3 Å². The number of ether oxygens (including phenoxy) is 3. The van der Waals surface area contributed by atoms with Crippen molar-refractivity contribution in [2.24, 2.45) is 0 Å². The third kappa shape index (κ3) is 7.33. The zero-order valence-electron chi connectivity index (χ0n) is 24.1. The van der Waals surface area contributed by atoms with Crippen molar-refractivity contribution >= 4 is 84.9 Å². The maximum atomic E-state index is 13.2. The molecular formula is C33H26BrClN2O7S. The Kier molecular flexibility index (Phi) is 10.1. The van der Waals surface area contributed by atoms with Crippen molar-refractivity contribution in [1.82, 2.24) is 4.90 Å². The fraction of sp³-hybridized carbons (Fsp3) is 0.152. The second kappa shape index (κ2) is 14.2. The van der Waals surface area contributed by atoms with Gasteiger partial charge in [0.1, 0.15) is 13.2 Å². The number of amides is 3. The molecule has 0 atom stereocenters. The molecule has 1 N–H and O–H groups in total. The fourth-order valence-electron chi connectivity index (χ4n) is 4.64. The van der Waals surface area contributed by atoms with Crippen LogP contribution in [0.1, 0.15) is 28.4 Å². The standard InChI is InChI=1S/C33H26BrClN2O7S/c1-3-43-27-14-19(13-25(34)30(27)44-18-21-9-6-8-20-7-4-5-10-23(20)21)15-28-31(39)37(33(41)45-28)17-29(38)36-22-11-12-26(35)24(16-22)32(40)42-2/h4-16H,3,17-18H2,1-2H3,(H,36,38)/b28-15+. The van der Waals surface area contributed by atoms with Crippen LogP contribution in [0.15, 0.2) is 82.2 Å². The highest BCUT2D eigenvalue weighted by Crippen LogP contribution is 2.40. The number of anilines is 1. The quantitative estimate of drug-likeness (QED) is 0.132. The number of benzene rings is 4. The van der Waals surface area contributed by atoms with E-state index in [0.29, 0.717) is 34.7 Å². The summed E-state index contributed by atoms with van der Waals surface area (Å²) in [7, 11) is 1.21. The maximum absolute atomic E-state index is 13.2. The first-order valence-electron chi connectivity index (χ1n) is 13.7. The van der Waals surface area contributed by atoms with E-state index in [1.54, 1.807) is 18.2 Å². The molecule has 1 aliphatic rings. The van der Waals surface area contributed by atoms with Gasteiger partial charge in [-0.15, -0.1) is 0 Å². The fourth-order valence-corrected chi connectivity index (χ4v) is 6.25. The largest absolute Gasteiger partial charge is 0.490 e. The summed E-state index contributed by atoms with van der Waals surface area (Å²) in [6.45, 7) is 2.01. The van der Waals surface area contributed by atoms with Crippen LogP contribution in [0, 0.1) is 0 Å². The summed E-state index contributed by atoms with van der Waals surface area (Å²) < 4.78 is 17.4. The van der Waals surface area contributed by atoms with E-state index in [-0.39, 0.29) is 21.2 Å². The lowest BCUT2D eigenvalue weighted by molar-refractivity contribution is -0.127. The first kappa shape index (κ1) is 32.1. The maximum Gasteiger partial charge on any atom is 0.339 e. The molecule has 1 fully saturated rings. The van der Waals surface area contributed by atoms with Gasteiger partial charge in [0.25, 0.3) is 11.1 Å². The van der Waals surface area contributed by atoms with Crippen LogP contribution < -0.4 is 14.8 Å². The molecule has 4 aromatic carbocycles. The summed E-state index contributed by atoms with van der Waals surface area (Å²) in [6.07, 6.45) is 1.56. The zero-order chi connectivity index (χ0) is 32.1. The van der Waals surface area contributed by atoms with Gasteiger partial charge in [-0.05, 0) is 92.9 Å². The van der Waals surface area contributed by atoms with E-state index in [9.17, 15) is 19.2 Å². The smallest absolute Gasteiger partial charge is 0.339 e. The van der Waals surface area contributed by atoms with E-state index in [1.165, 1.54) is 25.3 Å². The average Bonchev–Trinajstić information content (AvgIpc) is 3.28. The highest BCUT2D eigenvalue weighted by atomic mass is 79.9. The van der Waals surface area contributed by atoms with E-state index in [1.807, 2.05) is 49.4 Å². The van der Waals surface area contributed by atoms with Crippen molar-refractivity contribution < 1.29 is 33.4 Å². The van der Waals surface area contributed by atoms with Gasteiger partial charge in [0.05, 0.1) is 33.7 Å². The molecule has 4 aromatic rings. The summed E-state index contributed by atoms with van der Waals surface area (Å²) in [5, 5.41) is 4.34. The van der Waals surface area contributed by atoms with Crippen molar-refractivity contribution in [1.29, 1.82) is 0 Å². The molecule has 0 unspecified atom stereocenters. The lowest BCUT2D eigenvalue weighted by Crippen LogP contribution is -2.36. The molecule has 0 aromatic heterocycles. The van der Waals surface area contributed by atoms with Crippen molar-refractivity contribution in [2.45, 2.75) is 13.5 Å². The van der Waals surface area contributed by atoms with Crippen LogP contribution >= 0.6 is 39.3 Å². The molecule has 0 bridgehead atoms. The molecule has 1 heterocycles. The number of hydrogen-bond donors (Lipinski definition) is 1. The Morgan fingerprint density at radius 1 is 1.02 bits per heavy atom. The summed E-state index contributed by atoms with van der Waals surface area (Å²) in [5.74, 6) is -0.950. The Morgan fingerprint density at radius 2 is 1.80 bits per heavy atom. The molecule has 0 spiro atoms. The van der Waals surface area contributed by atoms with E-state index in [0.717, 1.165) is 33.0 Å². The highest BCUT2D eigenvalue weighted by Gasteiger charge is 2.36. The highest BCUT2D eigenvalue weighted by molar-refractivity contribution is 9.10. The molecular weight excluding hydrogens is 684 g/mol. The van der Waals surface area contributed by atoms with Crippen molar-refractivity contribution in [3.05, 3.63) is 104 Å². The summed E-state index contributed by atoms with van der Waals surface area (Å²) in [4.78, 5) is 51.5. The normalized spacial score (nSPS) is 13.8. The number of esters is 1. The molecule has 0 aliphatic carbocycles. The third-order valence-corrected chi connectivity index (χ3v) is 8.54. The summed E-state index contributed by atoms with van der Waals surface area (Å²) >= 11 is 10.3. The molecule has 5 rings (SSSR count). The number of rotatable bonds is 10. The van der Waals surface area contributed by atoms with Gasteiger partial charge < -0.3 is 19.5 Å². The summed E-state index contributed by atoms with van der Waals surface area (Å²) in [6, 6.07) is 21.9. The van der Waals surface area contributed by atoms with Gasteiger partial charge in [0.2, 0.25) is 5.91 Å². The average molecular weight is 710 g/mol. The topological polar surface area (TPSA) is 111 Å². The number of hydrogen-bond acceptors (Lipinski definition) is 8. The first-order chi connectivity index (χ1) is 21.7. The van der Waals surface area contributed by atoms with E-state index < -0.39 is 29.6 Å². The minimum atomic E-state index is -0.671. The minimum absolute atomic E-state index is 0.0635. The number of methoxy groups -OCH3 is 1. The predicted octanol–water partition coefficient (Wildman–Crippen LogP) is 7.70. The Balaban J connectivity index is 1.30. The second-order valence-electron chi connectivity index (χ2n) is 9.69. The number of carbonyl (C=O) groups is 4. The number of nitrogens with zero attached hydrogens (tertiary/aromatic N) is 1. The van der Waals surface area contributed by atoms with Crippen molar-refractivity contribution in [3.8, 4) is 11.5 Å². The summed E-state index contributed by atoms with van der Waals surface area (Å²) in [5.41, 5.74) is 1.93. The number of carbonyl (C=O) groups excluding carboxylic acids is 4. The van der Waals surface area contributed by atoms with Gasteiger partial charge in [-0.25, -0.2) is 4.79 Å². The van der Waals surface area contributed by atoms with Gasteiger partial charge >= 0.3 is 5.97 Å². The zero-order valence-corrected chi connectivity index (χ0v) is 27.3. The SMILES string of the molecule is CCOc1cc(/C=C2/SC(=O)N(CC(=O)Nc3ccc(Cl)c(C(=O)OC)c3)C2=O)cc(Br)c1OCc1cccc2ccccc12. The lowest BCUT2D eigenvalue weighted by Gasteiger charge is -2.16. The Morgan fingerprint density at radius 3 is 2.58 bits per heavy atom. The first-order valence-corrected chi connectivity index (χ1v) is 15.7. The molecule has 230 valence electrons. The van der Waals surface area contributed by atoms with E-state index in [4.69, 9.17) is 25.8 Å². The Bertz CT molecular complexity index is 1860. The Hall–Kier alpha value is -4.32. The predicted molar refractivity (Wildman–Crippen MR) is 178 cm³/mol. The molecule has 45 heavy (non-hydrogen) atoms. The number of nitrogens with one attached hydrogen (secondary N) is 1. The van der Waals surface area contributed by atoms with Crippen LogP contribution in [-0.2, 0) is 20.9 Å². The van der Waals surface area contributed by atoms with Crippen LogP contribution in [0.25, 0.3) is 16.8 Å².